The molecule has 1 amide bonds. The number of nitrogens with zero attached hydrogens (tertiary/aromatic N) is 1. The molecule has 0 saturated carbocycles. The topological polar surface area (TPSA) is 20.3 Å². The molecule has 2 nitrogen and oxygen atoms in total. The fourth-order valence-electron chi connectivity index (χ4n) is 2.58. The number of carbonyl (C=O) groups is 1. The molecule has 0 radical (unpaired) electrons. The quantitative estimate of drug-likeness (QED) is 0.726. The van der Waals surface area contributed by atoms with Crippen molar-refractivity contribution < 1.29 is 22.4 Å². The molecule has 1 unspecified atom stereocenters. The molecule has 126 valence electrons. The third-order valence-electron chi connectivity index (χ3n) is 3.78. The SMILES string of the molecule is O=C(c1ccc(C(F)(F)F)cc1)N1CCSC1c1ccccc1F. The first-order valence-electron chi connectivity index (χ1n) is 7.22. The second-order valence-corrected chi connectivity index (χ2v) is 6.51. The highest BCUT2D eigenvalue weighted by Crippen LogP contribution is 2.40. The first-order chi connectivity index (χ1) is 11.4. The Morgan fingerprint density at radius 1 is 1.08 bits per heavy atom. The molecule has 1 atom stereocenters. The summed E-state index contributed by atoms with van der Waals surface area (Å²) in [7, 11) is 0. The Balaban J connectivity index is 1.85. The van der Waals surface area contributed by atoms with E-state index in [-0.39, 0.29) is 5.56 Å². The largest absolute Gasteiger partial charge is 0.416 e. The fourth-order valence-corrected chi connectivity index (χ4v) is 3.86. The lowest BCUT2D eigenvalue weighted by Gasteiger charge is -2.24. The molecule has 2 aromatic carbocycles. The molecule has 1 saturated heterocycles. The van der Waals surface area contributed by atoms with E-state index in [1.54, 1.807) is 18.2 Å². The van der Waals surface area contributed by atoms with Crippen LogP contribution >= 0.6 is 11.8 Å². The summed E-state index contributed by atoms with van der Waals surface area (Å²) < 4.78 is 51.8. The third kappa shape index (κ3) is 3.26. The van der Waals surface area contributed by atoms with Crippen LogP contribution in [-0.2, 0) is 6.18 Å². The van der Waals surface area contributed by atoms with E-state index in [2.05, 4.69) is 0 Å². The Morgan fingerprint density at radius 3 is 2.38 bits per heavy atom. The van der Waals surface area contributed by atoms with Crippen LogP contribution in [0.1, 0.15) is 26.9 Å². The van der Waals surface area contributed by atoms with Gasteiger partial charge in [-0.15, -0.1) is 11.8 Å². The van der Waals surface area contributed by atoms with Gasteiger partial charge in [-0.05, 0) is 30.3 Å². The molecule has 1 heterocycles. The van der Waals surface area contributed by atoms with Crippen molar-refractivity contribution >= 4 is 17.7 Å². The maximum atomic E-state index is 14.0. The molecule has 1 aliphatic rings. The second-order valence-electron chi connectivity index (χ2n) is 5.32. The van der Waals surface area contributed by atoms with Gasteiger partial charge in [0.25, 0.3) is 5.91 Å². The molecule has 0 spiro atoms. The average molecular weight is 355 g/mol. The Labute approximate surface area is 140 Å². The van der Waals surface area contributed by atoms with E-state index in [0.717, 1.165) is 24.3 Å². The van der Waals surface area contributed by atoms with Crippen LogP contribution in [0.2, 0.25) is 0 Å². The summed E-state index contributed by atoms with van der Waals surface area (Å²) >= 11 is 1.43. The number of rotatable bonds is 2. The number of carbonyl (C=O) groups excluding carboxylic acids is 1. The molecule has 0 N–H and O–H groups in total. The summed E-state index contributed by atoms with van der Waals surface area (Å²) in [4.78, 5) is 14.1. The summed E-state index contributed by atoms with van der Waals surface area (Å²) in [6, 6.07) is 10.3. The summed E-state index contributed by atoms with van der Waals surface area (Å²) in [6.45, 7) is 0.420. The van der Waals surface area contributed by atoms with Gasteiger partial charge in [0.05, 0.1) is 5.56 Å². The van der Waals surface area contributed by atoms with Gasteiger partial charge in [-0.2, -0.15) is 13.2 Å². The lowest BCUT2D eigenvalue weighted by Crippen LogP contribution is -2.30. The first kappa shape index (κ1) is 16.8. The van der Waals surface area contributed by atoms with Crippen LogP contribution in [0, 0.1) is 5.82 Å². The maximum absolute atomic E-state index is 14.0. The zero-order valence-electron chi connectivity index (χ0n) is 12.4. The van der Waals surface area contributed by atoms with Gasteiger partial charge in [-0.3, -0.25) is 4.79 Å². The maximum Gasteiger partial charge on any atom is 0.416 e. The van der Waals surface area contributed by atoms with E-state index >= 15 is 0 Å². The average Bonchev–Trinajstić information content (AvgIpc) is 3.03. The highest BCUT2D eigenvalue weighted by Gasteiger charge is 2.34. The van der Waals surface area contributed by atoms with Crippen LogP contribution in [-0.4, -0.2) is 23.1 Å². The Kier molecular flexibility index (Phi) is 4.54. The smallest absolute Gasteiger partial charge is 0.322 e. The minimum Gasteiger partial charge on any atom is -0.322 e. The molecule has 0 aromatic heterocycles. The lowest BCUT2D eigenvalue weighted by atomic mass is 10.1. The van der Waals surface area contributed by atoms with Crippen molar-refractivity contribution in [1.82, 2.24) is 4.90 Å². The molecule has 3 rings (SSSR count). The summed E-state index contributed by atoms with van der Waals surface area (Å²) in [5, 5.41) is -0.471. The van der Waals surface area contributed by atoms with E-state index in [9.17, 15) is 22.4 Å². The number of hydrogen-bond acceptors (Lipinski definition) is 2. The van der Waals surface area contributed by atoms with Crippen molar-refractivity contribution in [2.45, 2.75) is 11.6 Å². The molecule has 0 aliphatic carbocycles. The van der Waals surface area contributed by atoms with Crippen LogP contribution in [0.5, 0.6) is 0 Å². The normalized spacial score (nSPS) is 18.0. The van der Waals surface area contributed by atoms with Crippen molar-refractivity contribution in [3.63, 3.8) is 0 Å². The lowest BCUT2D eigenvalue weighted by molar-refractivity contribution is -0.137. The predicted octanol–water partition coefficient (Wildman–Crippen LogP) is 4.73. The molecule has 2 aromatic rings. The zero-order chi connectivity index (χ0) is 17.3. The minimum absolute atomic E-state index is 0.159. The van der Waals surface area contributed by atoms with Crippen LogP contribution in [0.4, 0.5) is 17.6 Å². The van der Waals surface area contributed by atoms with E-state index < -0.39 is 28.8 Å². The summed E-state index contributed by atoms with van der Waals surface area (Å²) in [6.07, 6.45) is -4.44. The van der Waals surface area contributed by atoms with Crippen molar-refractivity contribution in [3.8, 4) is 0 Å². The van der Waals surface area contributed by atoms with Crippen molar-refractivity contribution in [2.24, 2.45) is 0 Å². The number of benzene rings is 2. The van der Waals surface area contributed by atoms with Crippen LogP contribution in [0.25, 0.3) is 0 Å². The van der Waals surface area contributed by atoms with Crippen molar-refractivity contribution in [2.75, 3.05) is 12.3 Å². The molecular weight excluding hydrogens is 342 g/mol. The van der Waals surface area contributed by atoms with Gasteiger partial charge in [-0.1, -0.05) is 18.2 Å². The van der Waals surface area contributed by atoms with Crippen LogP contribution in [0.15, 0.2) is 48.5 Å². The standard InChI is InChI=1S/C17H13F4NOS/c18-14-4-2-1-3-13(14)16-22(9-10-24-16)15(23)11-5-7-12(8-6-11)17(19,20)21/h1-8,16H,9-10H2. The van der Waals surface area contributed by atoms with E-state index in [4.69, 9.17) is 0 Å². The molecule has 0 bridgehead atoms. The molecule has 1 aliphatic heterocycles. The monoisotopic (exact) mass is 355 g/mol. The van der Waals surface area contributed by atoms with Crippen LogP contribution < -0.4 is 0 Å². The van der Waals surface area contributed by atoms with E-state index in [1.807, 2.05) is 0 Å². The molecule has 7 heteroatoms. The highest BCUT2D eigenvalue weighted by molar-refractivity contribution is 7.99. The Hall–Kier alpha value is -2.02. The van der Waals surface area contributed by atoms with Gasteiger partial charge < -0.3 is 4.90 Å². The number of hydrogen-bond donors (Lipinski definition) is 0. The van der Waals surface area contributed by atoms with Crippen molar-refractivity contribution in [1.29, 1.82) is 0 Å². The number of amides is 1. The van der Waals surface area contributed by atoms with Gasteiger partial charge >= 0.3 is 6.18 Å². The van der Waals surface area contributed by atoms with E-state index in [1.165, 1.54) is 22.7 Å². The number of alkyl halides is 3. The number of halogens is 4. The predicted molar refractivity (Wildman–Crippen MR) is 84.1 cm³/mol. The molecule has 24 heavy (non-hydrogen) atoms. The van der Waals surface area contributed by atoms with Gasteiger partial charge in [0.2, 0.25) is 0 Å². The Morgan fingerprint density at radius 2 is 1.75 bits per heavy atom. The highest BCUT2D eigenvalue weighted by atomic mass is 32.2. The van der Waals surface area contributed by atoms with Crippen molar-refractivity contribution in [3.05, 3.63) is 71.0 Å². The zero-order valence-corrected chi connectivity index (χ0v) is 13.2. The first-order valence-corrected chi connectivity index (χ1v) is 8.27. The summed E-state index contributed by atoms with van der Waals surface area (Å²) in [5.74, 6) is -0.158. The Bertz CT molecular complexity index is 745. The van der Waals surface area contributed by atoms with Gasteiger partial charge in [0.1, 0.15) is 11.2 Å². The third-order valence-corrected chi connectivity index (χ3v) is 5.02. The van der Waals surface area contributed by atoms with Gasteiger partial charge in [0, 0.05) is 23.4 Å². The fraction of sp³-hybridized carbons (Fsp3) is 0.235. The molecular formula is C17H13F4NOS. The van der Waals surface area contributed by atoms with Gasteiger partial charge in [-0.25, -0.2) is 4.39 Å². The summed E-state index contributed by atoms with van der Waals surface area (Å²) in [5.41, 5.74) is -0.243. The number of thioether (sulfide) groups is 1. The second kappa shape index (κ2) is 6.47. The molecule has 1 fully saturated rings. The van der Waals surface area contributed by atoms with Crippen LogP contribution in [0.3, 0.4) is 0 Å². The van der Waals surface area contributed by atoms with Gasteiger partial charge in [0.15, 0.2) is 0 Å². The van der Waals surface area contributed by atoms with E-state index in [0.29, 0.717) is 17.9 Å². The minimum atomic E-state index is -4.44.